The van der Waals surface area contributed by atoms with E-state index in [1.54, 1.807) is 29.4 Å². The fourth-order valence-corrected chi connectivity index (χ4v) is 5.57. The number of nitrogens with two attached hydrogens (primary N) is 1. The van der Waals surface area contributed by atoms with Crippen molar-refractivity contribution < 1.29 is 17.9 Å². The zero-order chi connectivity index (χ0) is 18.9. The lowest BCUT2D eigenvalue weighted by Gasteiger charge is -2.20. The Balaban J connectivity index is 1.82. The van der Waals surface area contributed by atoms with Gasteiger partial charge < -0.3 is 15.8 Å². The van der Waals surface area contributed by atoms with Crippen molar-refractivity contribution in [1.82, 2.24) is 9.62 Å². The number of sulfonamides is 1. The van der Waals surface area contributed by atoms with Crippen LogP contribution >= 0.6 is 0 Å². The van der Waals surface area contributed by atoms with Crippen LogP contribution in [0.2, 0.25) is 0 Å². The van der Waals surface area contributed by atoms with Crippen molar-refractivity contribution in [2.24, 2.45) is 17.6 Å². The number of ether oxygens (including phenoxy) is 1. The van der Waals surface area contributed by atoms with Crippen LogP contribution in [0.25, 0.3) is 0 Å². The van der Waals surface area contributed by atoms with Gasteiger partial charge in [-0.2, -0.15) is 4.31 Å². The molecule has 1 heterocycles. The summed E-state index contributed by atoms with van der Waals surface area (Å²) in [5.41, 5.74) is 6.77. The van der Waals surface area contributed by atoms with E-state index in [0.717, 1.165) is 12.8 Å². The number of rotatable bonds is 6. The van der Waals surface area contributed by atoms with E-state index in [9.17, 15) is 13.2 Å². The molecule has 1 amide bonds. The van der Waals surface area contributed by atoms with Crippen LogP contribution in [-0.4, -0.2) is 44.9 Å². The fourth-order valence-electron chi connectivity index (χ4n) is 3.98. The van der Waals surface area contributed by atoms with E-state index in [1.165, 1.54) is 7.11 Å². The van der Waals surface area contributed by atoms with Crippen LogP contribution in [0.5, 0.6) is 5.75 Å². The van der Waals surface area contributed by atoms with E-state index in [0.29, 0.717) is 36.7 Å². The maximum atomic E-state index is 13.1. The number of nitrogens with zero attached hydrogens (tertiary/aromatic N) is 1. The quantitative estimate of drug-likeness (QED) is 0.768. The highest BCUT2D eigenvalue weighted by Gasteiger charge is 2.45. The first kappa shape index (κ1) is 19.1. The molecule has 1 saturated carbocycles. The highest BCUT2D eigenvalue weighted by atomic mass is 32.2. The Labute approximate surface area is 154 Å². The standard InChI is InChI=1S/C18H27N3O4S/c1-3-18(22)20-9-13-8-14(5-7-17(13)25-2)26(23,24)21-10-12-4-6-16(19)15(12)11-21/h5,7-8,12,15-16H,3-4,6,9-11,19H2,1-2H3,(H,20,22). The van der Waals surface area contributed by atoms with Crippen LogP contribution in [0.1, 0.15) is 31.7 Å². The third-order valence-corrected chi connectivity index (χ3v) is 7.39. The molecule has 3 rings (SSSR count). The van der Waals surface area contributed by atoms with Crippen molar-refractivity contribution in [3.8, 4) is 5.75 Å². The largest absolute Gasteiger partial charge is 0.496 e. The monoisotopic (exact) mass is 381 g/mol. The summed E-state index contributed by atoms with van der Waals surface area (Å²) in [6.45, 7) is 3.02. The number of carbonyl (C=O) groups excluding carboxylic acids is 1. The smallest absolute Gasteiger partial charge is 0.243 e. The van der Waals surface area contributed by atoms with Gasteiger partial charge in [0.2, 0.25) is 15.9 Å². The maximum Gasteiger partial charge on any atom is 0.243 e. The summed E-state index contributed by atoms with van der Waals surface area (Å²) in [7, 11) is -2.06. The SMILES string of the molecule is CCC(=O)NCc1cc(S(=O)(=O)N2CC3CCC(N)C3C2)ccc1OC. The second kappa shape index (κ2) is 7.54. The Bertz CT molecular complexity index is 781. The molecule has 7 nitrogen and oxygen atoms in total. The second-order valence-corrected chi connectivity index (χ2v) is 9.03. The molecule has 2 aliphatic rings. The van der Waals surface area contributed by atoms with Gasteiger partial charge in [-0.3, -0.25) is 4.79 Å². The van der Waals surface area contributed by atoms with Gasteiger partial charge >= 0.3 is 0 Å². The average Bonchev–Trinajstić information content (AvgIpc) is 3.22. The van der Waals surface area contributed by atoms with Crippen molar-refractivity contribution in [1.29, 1.82) is 0 Å². The summed E-state index contributed by atoms with van der Waals surface area (Å²) >= 11 is 0. The summed E-state index contributed by atoms with van der Waals surface area (Å²) in [6.07, 6.45) is 2.35. The molecule has 3 unspecified atom stereocenters. The number of fused-ring (bicyclic) bond motifs is 1. The van der Waals surface area contributed by atoms with Crippen molar-refractivity contribution in [2.75, 3.05) is 20.2 Å². The Morgan fingerprint density at radius 3 is 2.77 bits per heavy atom. The number of amides is 1. The molecular weight excluding hydrogens is 354 g/mol. The first-order chi connectivity index (χ1) is 12.4. The molecule has 3 atom stereocenters. The normalized spacial score (nSPS) is 25.9. The Morgan fingerprint density at radius 2 is 2.12 bits per heavy atom. The number of carbonyl (C=O) groups is 1. The third kappa shape index (κ3) is 3.58. The summed E-state index contributed by atoms with van der Waals surface area (Å²) in [4.78, 5) is 11.8. The van der Waals surface area contributed by atoms with Crippen molar-refractivity contribution in [3.05, 3.63) is 23.8 Å². The van der Waals surface area contributed by atoms with E-state index in [-0.39, 0.29) is 29.3 Å². The number of nitrogens with one attached hydrogen (secondary N) is 1. The van der Waals surface area contributed by atoms with Crippen LogP contribution in [0.4, 0.5) is 0 Å². The summed E-state index contributed by atoms with van der Waals surface area (Å²) in [6, 6.07) is 4.89. The van der Waals surface area contributed by atoms with Crippen LogP contribution in [0.15, 0.2) is 23.1 Å². The summed E-state index contributed by atoms with van der Waals surface area (Å²) in [5, 5.41) is 2.77. The van der Waals surface area contributed by atoms with E-state index in [2.05, 4.69) is 5.32 Å². The number of benzene rings is 1. The Kier molecular flexibility index (Phi) is 5.55. The van der Waals surface area contributed by atoms with Gasteiger partial charge in [0, 0.05) is 37.7 Å². The van der Waals surface area contributed by atoms with E-state index in [4.69, 9.17) is 10.5 Å². The van der Waals surface area contributed by atoms with Gasteiger partial charge in [0.1, 0.15) is 5.75 Å². The second-order valence-electron chi connectivity index (χ2n) is 7.09. The van der Waals surface area contributed by atoms with Gasteiger partial charge in [-0.15, -0.1) is 0 Å². The molecule has 0 spiro atoms. The average molecular weight is 381 g/mol. The predicted octanol–water partition coefficient (Wildman–Crippen LogP) is 1.08. The van der Waals surface area contributed by atoms with Gasteiger partial charge in [0.25, 0.3) is 0 Å². The van der Waals surface area contributed by atoms with Gasteiger partial charge in [0.15, 0.2) is 0 Å². The van der Waals surface area contributed by atoms with E-state index < -0.39 is 10.0 Å². The minimum absolute atomic E-state index is 0.0934. The molecule has 144 valence electrons. The molecule has 0 aromatic heterocycles. The lowest BCUT2D eigenvalue weighted by molar-refractivity contribution is -0.120. The van der Waals surface area contributed by atoms with E-state index in [1.807, 2.05) is 0 Å². The van der Waals surface area contributed by atoms with Gasteiger partial charge in [0.05, 0.1) is 12.0 Å². The first-order valence-corrected chi connectivity index (χ1v) is 10.5. The third-order valence-electron chi connectivity index (χ3n) is 5.57. The molecule has 1 aromatic carbocycles. The van der Waals surface area contributed by atoms with Crippen molar-refractivity contribution >= 4 is 15.9 Å². The highest BCUT2D eigenvalue weighted by molar-refractivity contribution is 7.89. The van der Waals surface area contributed by atoms with Crippen LogP contribution < -0.4 is 15.8 Å². The molecule has 8 heteroatoms. The molecular formula is C18H27N3O4S. The lowest BCUT2D eigenvalue weighted by atomic mass is 9.98. The zero-order valence-electron chi connectivity index (χ0n) is 15.3. The molecule has 0 bridgehead atoms. The molecule has 1 aliphatic heterocycles. The summed E-state index contributed by atoms with van der Waals surface area (Å²) < 4.78 is 33.0. The number of hydrogen-bond donors (Lipinski definition) is 2. The molecule has 26 heavy (non-hydrogen) atoms. The van der Waals surface area contributed by atoms with Crippen molar-refractivity contribution in [2.45, 2.75) is 43.7 Å². The first-order valence-electron chi connectivity index (χ1n) is 9.06. The minimum Gasteiger partial charge on any atom is -0.496 e. The number of methoxy groups -OCH3 is 1. The van der Waals surface area contributed by atoms with Gasteiger partial charge in [-0.25, -0.2) is 8.42 Å². The number of hydrogen-bond acceptors (Lipinski definition) is 5. The summed E-state index contributed by atoms with van der Waals surface area (Å²) in [5.74, 6) is 1.08. The Morgan fingerprint density at radius 1 is 1.35 bits per heavy atom. The molecule has 1 aromatic rings. The van der Waals surface area contributed by atoms with E-state index >= 15 is 0 Å². The van der Waals surface area contributed by atoms with Crippen LogP contribution in [0.3, 0.4) is 0 Å². The molecule has 2 fully saturated rings. The van der Waals surface area contributed by atoms with Gasteiger partial charge in [-0.05, 0) is 42.9 Å². The minimum atomic E-state index is -3.59. The lowest BCUT2D eigenvalue weighted by Crippen LogP contribution is -2.33. The fraction of sp³-hybridized carbons (Fsp3) is 0.611. The molecule has 0 radical (unpaired) electrons. The topological polar surface area (TPSA) is 102 Å². The van der Waals surface area contributed by atoms with Crippen molar-refractivity contribution in [3.63, 3.8) is 0 Å². The zero-order valence-corrected chi connectivity index (χ0v) is 16.1. The van der Waals surface area contributed by atoms with Crippen LogP contribution in [-0.2, 0) is 21.4 Å². The maximum absolute atomic E-state index is 13.1. The predicted molar refractivity (Wildman–Crippen MR) is 98.1 cm³/mol. The van der Waals surface area contributed by atoms with Gasteiger partial charge in [-0.1, -0.05) is 6.92 Å². The highest BCUT2D eigenvalue weighted by Crippen LogP contribution is 2.39. The molecule has 1 aliphatic carbocycles. The molecule has 3 N–H and O–H groups in total. The molecule has 1 saturated heterocycles. The van der Waals surface area contributed by atoms with Crippen LogP contribution in [0, 0.1) is 11.8 Å². The Hall–Kier alpha value is -1.64.